The van der Waals surface area contributed by atoms with Crippen molar-refractivity contribution in [2.24, 2.45) is 0 Å². The van der Waals surface area contributed by atoms with Crippen molar-refractivity contribution in [1.29, 1.82) is 0 Å². The maximum absolute atomic E-state index is 12.9. The van der Waals surface area contributed by atoms with Crippen molar-refractivity contribution in [3.8, 4) is 0 Å². The first kappa shape index (κ1) is 15.9. The number of ether oxygens (including phenoxy) is 1. The van der Waals surface area contributed by atoms with E-state index in [4.69, 9.17) is 16.3 Å². The minimum Gasteiger partial charge on any atom is -0.383 e. The number of benzene rings is 1. The molecule has 0 aliphatic rings. The molecule has 19 heavy (non-hydrogen) atoms. The largest absolute Gasteiger partial charge is 0.383 e. The van der Waals surface area contributed by atoms with Crippen molar-refractivity contribution < 1.29 is 18.3 Å². The number of alkyl halides is 1. The Hall–Kier alpha value is -1.20. The zero-order chi connectivity index (χ0) is 14.3. The van der Waals surface area contributed by atoms with Crippen LogP contribution in [0.5, 0.6) is 0 Å². The summed E-state index contributed by atoms with van der Waals surface area (Å²) in [6.07, 6.45) is 0.591. The Kier molecular flexibility index (Phi) is 6.73. The van der Waals surface area contributed by atoms with Gasteiger partial charge in [-0.05, 0) is 24.1 Å². The molecule has 1 rings (SSSR count). The Morgan fingerprint density at radius 2 is 2.16 bits per heavy atom. The van der Waals surface area contributed by atoms with Crippen molar-refractivity contribution >= 4 is 17.5 Å². The summed E-state index contributed by atoms with van der Waals surface area (Å²) < 4.78 is 30.5. The molecule has 1 N–H and O–H groups in total. The maximum Gasteiger partial charge on any atom is 0.224 e. The van der Waals surface area contributed by atoms with Gasteiger partial charge in [-0.2, -0.15) is 0 Å². The second kappa shape index (κ2) is 8.07. The van der Waals surface area contributed by atoms with Gasteiger partial charge in [0.2, 0.25) is 5.91 Å². The van der Waals surface area contributed by atoms with Gasteiger partial charge in [0.1, 0.15) is 0 Å². The van der Waals surface area contributed by atoms with Crippen LogP contribution < -0.4 is 5.32 Å². The third-order valence-electron chi connectivity index (χ3n) is 2.48. The molecule has 0 saturated carbocycles. The SMILES string of the molecule is COCC(Cl)CCNC(=O)Cc1ccc(F)c(F)c1. The highest BCUT2D eigenvalue weighted by Crippen LogP contribution is 2.09. The highest BCUT2D eigenvalue weighted by Gasteiger charge is 2.08. The minimum atomic E-state index is -0.953. The van der Waals surface area contributed by atoms with Gasteiger partial charge in [-0.15, -0.1) is 11.6 Å². The molecule has 0 radical (unpaired) electrons. The van der Waals surface area contributed by atoms with Crippen molar-refractivity contribution in [3.05, 3.63) is 35.4 Å². The lowest BCUT2D eigenvalue weighted by Gasteiger charge is -2.09. The number of carbonyl (C=O) groups excluding carboxylic acids is 1. The number of hydrogen-bond acceptors (Lipinski definition) is 2. The molecule has 3 nitrogen and oxygen atoms in total. The van der Waals surface area contributed by atoms with Gasteiger partial charge < -0.3 is 10.1 Å². The first-order chi connectivity index (χ1) is 9.02. The number of halogens is 3. The van der Waals surface area contributed by atoms with Crippen LogP contribution in [0.1, 0.15) is 12.0 Å². The summed E-state index contributed by atoms with van der Waals surface area (Å²) in [4.78, 5) is 11.5. The Morgan fingerprint density at radius 1 is 1.42 bits per heavy atom. The van der Waals surface area contributed by atoms with Crippen LogP contribution in [0.3, 0.4) is 0 Å². The van der Waals surface area contributed by atoms with E-state index < -0.39 is 11.6 Å². The minimum absolute atomic E-state index is 0.00836. The molecule has 0 fully saturated rings. The number of hydrogen-bond donors (Lipinski definition) is 1. The zero-order valence-electron chi connectivity index (χ0n) is 10.6. The van der Waals surface area contributed by atoms with Crippen LogP contribution in [0, 0.1) is 11.6 Å². The summed E-state index contributed by atoms with van der Waals surface area (Å²) in [5.41, 5.74) is 0.427. The predicted octanol–water partition coefficient (Wildman–Crippen LogP) is 2.27. The fourth-order valence-electron chi connectivity index (χ4n) is 1.53. The molecule has 1 amide bonds. The first-order valence-electron chi connectivity index (χ1n) is 5.86. The fraction of sp³-hybridized carbons (Fsp3) is 0.462. The zero-order valence-corrected chi connectivity index (χ0v) is 11.3. The third-order valence-corrected chi connectivity index (χ3v) is 2.82. The molecule has 0 heterocycles. The summed E-state index contributed by atoms with van der Waals surface area (Å²) in [6, 6.07) is 3.41. The third kappa shape index (κ3) is 5.98. The van der Waals surface area contributed by atoms with Crippen LogP contribution in [0.25, 0.3) is 0 Å². The average Bonchev–Trinajstić information content (AvgIpc) is 2.34. The molecule has 1 atom stereocenters. The first-order valence-corrected chi connectivity index (χ1v) is 6.30. The van der Waals surface area contributed by atoms with E-state index in [-0.39, 0.29) is 17.7 Å². The molecule has 1 aromatic rings. The van der Waals surface area contributed by atoms with Crippen molar-refractivity contribution in [2.45, 2.75) is 18.2 Å². The van der Waals surface area contributed by atoms with E-state index >= 15 is 0 Å². The fourth-order valence-corrected chi connectivity index (χ4v) is 1.76. The van der Waals surface area contributed by atoms with E-state index in [1.54, 1.807) is 7.11 Å². The predicted molar refractivity (Wildman–Crippen MR) is 69.2 cm³/mol. The van der Waals surface area contributed by atoms with E-state index in [2.05, 4.69) is 5.32 Å². The van der Waals surface area contributed by atoms with Gasteiger partial charge in [0.05, 0.1) is 18.4 Å². The normalized spacial score (nSPS) is 12.2. The van der Waals surface area contributed by atoms with E-state index in [1.165, 1.54) is 6.07 Å². The summed E-state index contributed by atoms with van der Waals surface area (Å²) in [5.74, 6) is -2.13. The van der Waals surface area contributed by atoms with Gasteiger partial charge in [-0.25, -0.2) is 8.78 Å². The molecule has 0 spiro atoms. The second-order valence-corrected chi connectivity index (χ2v) is 4.73. The highest BCUT2D eigenvalue weighted by atomic mass is 35.5. The smallest absolute Gasteiger partial charge is 0.224 e. The van der Waals surface area contributed by atoms with Gasteiger partial charge in [0, 0.05) is 13.7 Å². The molecular weight excluding hydrogens is 276 g/mol. The Balaban J connectivity index is 2.33. The van der Waals surface area contributed by atoms with Crippen LogP contribution in [-0.2, 0) is 16.0 Å². The summed E-state index contributed by atoms with van der Waals surface area (Å²) in [7, 11) is 1.55. The monoisotopic (exact) mass is 291 g/mol. The molecular formula is C13H16ClF2NO2. The number of rotatable bonds is 7. The average molecular weight is 292 g/mol. The van der Waals surface area contributed by atoms with E-state index in [1.807, 2.05) is 0 Å². The number of amides is 1. The van der Waals surface area contributed by atoms with Gasteiger partial charge in [0.15, 0.2) is 11.6 Å². The standard InChI is InChI=1S/C13H16ClF2NO2/c1-19-8-10(14)4-5-17-13(18)7-9-2-3-11(15)12(16)6-9/h2-3,6,10H,4-5,7-8H2,1H3,(H,17,18). The van der Waals surface area contributed by atoms with E-state index in [0.717, 1.165) is 12.1 Å². The molecule has 6 heteroatoms. The van der Waals surface area contributed by atoms with Gasteiger partial charge >= 0.3 is 0 Å². The van der Waals surface area contributed by atoms with Crippen LogP contribution in [0.2, 0.25) is 0 Å². The Morgan fingerprint density at radius 3 is 2.79 bits per heavy atom. The molecule has 0 aliphatic carbocycles. The van der Waals surface area contributed by atoms with Crippen LogP contribution in [0.15, 0.2) is 18.2 Å². The summed E-state index contributed by atoms with van der Waals surface area (Å²) in [5, 5.41) is 2.50. The van der Waals surface area contributed by atoms with E-state index in [0.29, 0.717) is 25.1 Å². The van der Waals surface area contributed by atoms with Gasteiger partial charge in [-0.3, -0.25) is 4.79 Å². The maximum atomic E-state index is 12.9. The number of carbonyl (C=O) groups is 1. The molecule has 0 aliphatic heterocycles. The molecule has 106 valence electrons. The lowest BCUT2D eigenvalue weighted by atomic mass is 10.1. The lowest BCUT2D eigenvalue weighted by molar-refractivity contribution is -0.120. The summed E-state index contributed by atoms with van der Waals surface area (Å²) >= 11 is 5.90. The Labute approximate surface area is 115 Å². The van der Waals surface area contributed by atoms with E-state index in [9.17, 15) is 13.6 Å². The number of methoxy groups -OCH3 is 1. The highest BCUT2D eigenvalue weighted by molar-refractivity contribution is 6.20. The molecule has 1 unspecified atom stereocenters. The van der Waals surface area contributed by atoms with Crippen molar-refractivity contribution in [1.82, 2.24) is 5.32 Å². The second-order valence-electron chi connectivity index (χ2n) is 4.12. The van der Waals surface area contributed by atoms with Gasteiger partial charge in [-0.1, -0.05) is 6.07 Å². The molecule has 0 saturated heterocycles. The Bertz CT molecular complexity index is 429. The quantitative estimate of drug-likeness (QED) is 0.783. The molecule has 0 aromatic heterocycles. The van der Waals surface area contributed by atoms with Crippen molar-refractivity contribution in [2.75, 3.05) is 20.3 Å². The summed E-state index contributed by atoms with van der Waals surface area (Å²) in [6.45, 7) is 0.834. The molecule has 0 bridgehead atoms. The van der Waals surface area contributed by atoms with Crippen LogP contribution >= 0.6 is 11.6 Å². The van der Waals surface area contributed by atoms with Crippen LogP contribution in [-0.4, -0.2) is 31.5 Å². The lowest BCUT2D eigenvalue weighted by Crippen LogP contribution is -2.28. The van der Waals surface area contributed by atoms with Crippen molar-refractivity contribution in [3.63, 3.8) is 0 Å². The van der Waals surface area contributed by atoms with Crippen LogP contribution in [0.4, 0.5) is 8.78 Å². The van der Waals surface area contributed by atoms with Gasteiger partial charge in [0.25, 0.3) is 0 Å². The molecule has 1 aromatic carbocycles. The topological polar surface area (TPSA) is 38.3 Å². The number of nitrogens with one attached hydrogen (secondary N) is 1.